The number of carbonyl (C=O) groups is 1. The zero-order valence-corrected chi connectivity index (χ0v) is 13.4. The van der Waals surface area contributed by atoms with E-state index in [1.165, 1.54) is 6.07 Å². The third-order valence-corrected chi connectivity index (χ3v) is 4.14. The van der Waals surface area contributed by atoms with Crippen molar-refractivity contribution in [1.29, 1.82) is 0 Å². The second-order valence-corrected chi connectivity index (χ2v) is 5.73. The molecule has 2 aromatic rings. The van der Waals surface area contributed by atoms with Gasteiger partial charge in [0.1, 0.15) is 0 Å². The zero-order valence-electron chi connectivity index (χ0n) is 11.9. The van der Waals surface area contributed by atoms with Crippen LogP contribution in [0.5, 0.6) is 0 Å². The highest BCUT2D eigenvalue weighted by Crippen LogP contribution is 2.29. The van der Waals surface area contributed by atoms with Gasteiger partial charge in [0, 0.05) is 19.2 Å². The fourth-order valence-corrected chi connectivity index (χ4v) is 2.40. The van der Waals surface area contributed by atoms with Crippen LogP contribution in [0.15, 0.2) is 36.4 Å². The van der Waals surface area contributed by atoms with E-state index in [1.54, 1.807) is 18.0 Å². The SMILES string of the molecule is Cc1ccccc1CN(C)C(=O)c1cc(N)c(Cl)c(Cl)c1. The molecule has 0 unspecified atom stereocenters. The molecule has 5 heteroatoms. The number of anilines is 1. The van der Waals surface area contributed by atoms with Gasteiger partial charge < -0.3 is 10.6 Å². The molecule has 0 fully saturated rings. The molecular weight excluding hydrogens is 307 g/mol. The van der Waals surface area contributed by atoms with Crippen molar-refractivity contribution < 1.29 is 4.79 Å². The van der Waals surface area contributed by atoms with Crippen molar-refractivity contribution in [3.63, 3.8) is 0 Å². The van der Waals surface area contributed by atoms with Gasteiger partial charge in [0.2, 0.25) is 0 Å². The van der Waals surface area contributed by atoms with Gasteiger partial charge in [-0.05, 0) is 30.2 Å². The van der Waals surface area contributed by atoms with E-state index in [-0.39, 0.29) is 16.0 Å². The first-order valence-corrected chi connectivity index (χ1v) is 7.20. The Balaban J connectivity index is 2.22. The highest BCUT2D eigenvalue weighted by molar-refractivity contribution is 6.43. The van der Waals surface area contributed by atoms with Crippen molar-refractivity contribution >= 4 is 34.8 Å². The lowest BCUT2D eigenvalue weighted by Gasteiger charge is -2.19. The summed E-state index contributed by atoms with van der Waals surface area (Å²) in [6.07, 6.45) is 0. The molecule has 0 aromatic heterocycles. The monoisotopic (exact) mass is 322 g/mol. The van der Waals surface area contributed by atoms with E-state index in [0.29, 0.717) is 17.8 Å². The fourth-order valence-electron chi connectivity index (χ4n) is 2.07. The van der Waals surface area contributed by atoms with Crippen molar-refractivity contribution in [2.45, 2.75) is 13.5 Å². The van der Waals surface area contributed by atoms with E-state index in [0.717, 1.165) is 11.1 Å². The van der Waals surface area contributed by atoms with Gasteiger partial charge in [-0.2, -0.15) is 0 Å². The van der Waals surface area contributed by atoms with Gasteiger partial charge in [-0.3, -0.25) is 4.79 Å². The molecular formula is C16H16Cl2N2O. The van der Waals surface area contributed by atoms with Gasteiger partial charge in [-0.15, -0.1) is 0 Å². The highest BCUT2D eigenvalue weighted by atomic mass is 35.5. The van der Waals surface area contributed by atoms with Crippen LogP contribution in [-0.4, -0.2) is 17.9 Å². The standard InChI is InChI=1S/C16H16Cl2N2O/c1-10-5-3-4-6-11(10)9-20(2)16(21)12-7-13(17)15(18)14(19)8-12/h3-8H,9,19H2,1-2H3. The van der Waals surface area contributed by atoms with Crippen molar-refractivity contribution in [1.82, 2.24) is 4.90 Å². The minimum Gasteiger partial charge on any atom is -0.397 e. The molecule has 2 N–H and O–H groups in total. The lowest BCUT2D eigenvalue weighted by atomic mass is 10.1. The van der Waals surface area contributed by atoms with Crippen LogP contribution in [0.1, 0.15) is 21.5 Å². The number of amides is 1. The molecule has 2 rings (SSSR count). The lowest BCUT2D eigenvalue weighted by Crippen LogP contribution is -2.26. The highest BCUT2D eigenvalue weighted by Gasteiger charge is 2.16. The van der Waals surface area contributed by atoms with Gasteiger partial charge in [0.25, 0.3) is 5.91 Å². The number of nitrogens with two attached hydrogens (primary N) is 1. The van der Waals surface area contributed by atoms with Gasteiger partial charge >= 0.3 is 0 Å². The van der Waals surface area contributed by atoms with Crippen molar-refractivity contribution in [3.8, 4) is 0 Å². The molecule has 2 aromatic carbocycles. The van der Waals surface area contributed by atoms with Crippen LogP contribution in [0.2, 0.25) is 10.0 Å². The molecule has 0 atom stereocenters. The van der Waals surface area contributed by atoms with Gasteiger partial charge in [-0.25, -0.2) is 0 Å². The molecule has 0 aliphatic heterocycles. The fraction of sp³-hybridized carbons (Fsp3) is 0.188. The van der Waals surface area contributed by atoms with Gasteiger partial charge in [0.15, 0.2) is 0 Å². The molecule has 21 heavy (non-hydrogen) atoms. The summed E-state index contributed by atoms with van der Waals surface area (Å²) in [6.45, 7) is 2.54. The second-order valence-electron chi connectivity index (χ2n) is 4.95. The summed E-state index contributed by atoms with van der Waals surface area (Å²) in [4.78, 5) is 14.1. The van der Waals surface area contributed by atoms with E-state index in [1.807, 2.05) is 31.2 Å². The van der Waals surface area contributed by atoms with E-state index in [2.05, 4.69) is 0 Å². The summed E-state index contributed by atoms with van der Waals surface area (Å²) in [5.41, 5.74) is 8.72. The Morgan fingerprint density at radius 1 is 1.24 bits per heavy atom. The van der Waals surface area contributed by atoms with Crippen LogP contribution in [0.4, 0.5) is 5.69 Å². The van der Waals surface area contributed by atoms with E-state index in [4.69, 9.17) is 28.9 Å². The summed E-state index contributed by atoms with van der Waals surface area (Å²) in [5.74, 6) is -0.150. The van der Waals surface area contributed by atoms with Crippen molar-refractivity contribution in [2.75, 3.05) is 12.8 Å². The molecule has 3 nitrogen and oxygen atoms in total. The summed E-state index contributed by atoms with van der Waals surface area (Å²) < 4.78 is 0. The van der Waals surface area contributed by atoms with Crippen LogP contribution >= 0.6 is 23.2 Å². The molecule has 0 saturated heterocycles. The molecule has 110 valence electrons. The minimum atomic E-state index is -0.150. The minimum absolute atomic E-state index is 0.150. The Kier molecular flexibility index (Phi) is 4.76. The number of rotatable bonds is 3. The number of hydrogen-bond acceptors (Lipinski definition) is 2. The quantitative estimate of drug-likeness (QED) is 0.862. The van der Waals surface area contributed by atoms with Crippen LogP contribution < -0.4 is 5.73 Å². The van der Waals surface area contributed by atoms with Crippen molar-refractivity contribution in [2.24, 2.45) is 0 Å². The average molecular weight is 323 g/mol. The topological polar surface area (TPSA) is 46.3 Å². The largest absolute Gasteiger partial charge is 0.397 e. The second kappa shape index (κ2) is 6.37. The smallest absolute Gasteiger partial charge is 0.254 e. The number of carbonyl (C=O) groups excluding carboxylic acids is 1. The van der Waals surface area contributed by atoms with Crippen LogP contribution in [-0.2, 0) is 6.54 Å². The molecule has 0 spiro atoms. The maximum Gasteiger partial charge on any atom is 0.254 e. The first kappa shape index (κ1) is 15.7. The Hall–Kier alpha value is -1.71. The molecule has 1 amide bonds. The molecule has 0 bridgehead atoms. The summed E-state index contributed by atoms with van der Waals surface area (Å²) in [6, 6.07) is 11.0. The van der Waals surface area contributed by atoms with E-state index >= 15 is 0 Å². The van der Waals surface area contributed by atoms with E-state index < -0.39 is 0 Å². The third kappa shape index (κ3) is 3.49. The molecule has 0 heterocycles. The van der Waals surface area contributed by atoms with Crippen LogP contribution in [0.3, 0.4) is 0 Å². The predicted octanol–water partition coefficient (Wildman–Crippen LogP) is 4.16. The maximum atomic E-state index is 12.4. The first-order valence-electron chi connectivity index (χ1n) is 6.44. The predicted molar refractivity (Wildman–Crippen MR) is 87.9 cm³/mol. The molecule has 0 aliphatic carbocycles. The number of hydrogen-bond donors (Lipinski definition) is 1. The van der Waals surface area contributed by atoms with Crippen LogP contribution in [0, 0.1) is 6.92 Å². The van der Waals surface area contributed by atoms with Gasteiger partial charge in [0.05, 0.1) is 15.7 Å². The van der Waals surface area contributed by atoms with Crippen molar-refractivity contribution in [3.05, 3.63) is 63.1 Å². The molecule has 0 saturated carbocycles. The number of nitrogens with zero attached hydrogens (tertiary/aromatic N) is 1. The Morgan fingerprint density at radius 2 is 1.90 bits per heavy atom. The summed E-state index contributed by atoms with van der Waals surface area (Å²) in [5, 5.41) is 0.555. The first-order chi connectivity index (χ1) is 9.90. The maximum absolute atomic E-state index is 12.4. The summed E-state index contributed by atoms with van der Waals surface area (Å²) in [7, 11) is 1.74. The number of nitrogen functional groups attached to an aromatic ring is 1. The molecule has 0 radical (unpaired) electrons. The average Bonchev–Trinajstić information content (AvgIpc) is 2.45. The van der Waals surface area contributed by atoms with Gasteiger partial charge in [-0.1, -0.05) is 47.5 Å². The Bertz CT molecular complexity index is 663. The zero-order chi connectivity index (χ0) is 15.6. The summed E-state index contributed by atoms with van der Waals surface area (Å²) >= 11 is 11.9. The van der Waals surface area contributed by atoms with E-state index in [9.17, 15) is 4.79 Å². The lowest BCUT2D eigenvalue weighted by molar-refractivity contribution is 0.0785. The number of halogens is 2. The normalized spacial score (nSPS) is 10.5. The Labute approximate surface area is 134 Å². The Morgan fingerprint density at radius 3 is 2.52 bits per heavy atom. The van der Waals surface area contributed by atoms with Crippen LogP contribution in [0.25, 0.3) is 0 Å². The molecule has 0 aliphatic rings. The third-order valence-electron chi connectivity index (χ3n) is 3.32. The number of benzene rings is 2. The number of aryl methyl sites for hydroxylation is 1.